The van der Waals surface area contributed by atoms with Crippen LogP contribution in [-0.4, -0.2) is 21.9 Å². The number of rotatable bonds is 3. The zero-order valence-electron chi connectivity index (χ0n) is 15.9. The van der Waals surface area contributed by atoms with Crippen molar-refractivity contribution in [2.24, 2.45) is 0 Å². The van der Waals surface area contributed by atoms with Crippen molar-refractivity contribution in [2.75, 3.05) is 4.90 Å². The number of hydrogen-bond donors (Lipinski definition) is 0. The third kappa shape index (κ3) is 3.39. The minimum Gasteiger partial charge on any atom is -0.310 e. The minimum absolute atomic E-state index is 0.167. The van der Waals surface area contributed by atoms with E-state index in [1.165, 1.54) is 5.56 Å². The van der Waals surface area contributed by atoms with E-state index in [9.17, 15) is 4.79 Å². The van der Waals surface area contributed by atoms with E-state index >= 15 is 0 Å². The molecule has 1 aliphatic heterocycles. The summed E-state index contributed by atoms with van der Waals surface area (Å²) in [6.45, 7) is 6.21. The average molecular weight is 378 g/mol. The van der Waals surface area contributed by atoms with Gasteiger partial charge in [-0.15, -0.1) is 11.3 Å². The largest absolute Gasteiger partial charge is 0.310 e. The van der Waals surface area contributed by atoms with Gasteiger partial charge >= 0.3 is 0 Å². The first kappa shape index (κ1) is 17.9. The van der Waals surface area contributed by atoms with Crippen LogP contribution in [0.3, 0.4) is 0 Å². The van der Waals surface area contributed by atoms with E-state index in [0.717, 1.165) is 45.9 Å². The Hall–Kier alpha value is -2.53. The van der Waals surface area contributed by atoms with Crippen LogP contribution in [0.2, 0.25) is 0 Å². The van der Waals surface area contributed by atoms with Crippen LogP contribution in [0.1, 0.15) is 37.8 Å². The summed E-state index contributed by atoms with van der Waals surface area (Å²) >= 11 is 1.66. The number of hydrogen-bond acceptors (Lipinski definition) is 4. The van der Waals surface area contributed by atoms with Crippen molar-refractivity contribution in [2.45, 2.75) is 46.1 Å². The van der Waals surface area contributed by atoms with Gasteiger partial charge in [-0.25, -0.2) is 4.98 Å². The second-order valence-electron chi connectivity index (χ2n) is 7.28. The zero-order chi connectivity index (χ0) is 19.0. The van der Waals surface area contributed by atoms with Gasteiger partial charge in [-0.2, -0.15) is 0 Å². The molecule has 0 unspecified atom stereocenters. The molecular formula is C22H23N3OS. The summed E-state index contributed by atoms with van der Waals surface area (Å²) in [6, 6.07) is 8.57. The number of pyridine rings is 1. The molecule has 0 radical (unpaired) electrons. The lowest BCUT2D eigenvalue weighted by Gasteiger charge is -2.27. The summed E-state index contributed by atoms with van der Waals surface area (Å²) < 4.78 is 0. The van der Waals surface area contributed by atoms with Crippen molar-refractivity contribution in [1.29, 1.82) is 0 Å². The van der Waals surface area contributed by atoms with E-state index in [-0.39, 0.29) is 11.9 Å². The average Bonchev–Trinajstić information content (AvgIpc) is 3.06. The molecule has 0 saturated heterocycles. The second-order valence-corrected chi connectivity index (χ2v) is 8.14. The summed E-state index contributed by atoms with van der Waals surface area (Å²) in [7, 11) is 0. The maximum Gasteiger partial charge on any atom is 0.227 e. The monoisotopic (exact) mass is 377 g/mol. The van der Waals surface area contributed by atoms with E-state index in [0.29, 0.717) is 6.42 Å². The Bertz CT molecular complexity index is 993. The fraction of sp³-hybridized carbons (Fsp3) is 0.318. The molecule has 1 aromatic carbocycles. The van der Waals surface area contributed by atoms with Gasteiger partial charge in [-0.3, -0.25) is 9.78 Å². The summed E-state index contributed by atoms with van der Waals surface area (Å²) in [5, 5.41) is 3.12. The highest BCUT2D eigenvalue weighted by atomic mass is 32.1. The van der Waals surface area contributed by atoms with Crippen LogP contribution in [0.5, 0.6) is 0 Å². The quantitative estimate of drug-likeness (QED) is 0.625. The lowest BCUT2D eigenvalue weighted by molar-refractivity contribution is -0.118. The van der Waals surface area contributed by atoms with Crippen LogP contribution >= 0.6 is 11.3 Å². The number of benzene rings is 1. The van der Waals surface area contributed by atoms with E-state index in [2.05, 4.69) is 49.3 Å². The number of fused-ring (bicyclic) bond motifs is 1. The Kier molecular flexibility index (Phi) is 4.79. The molecule has 4 rings (SSSR count). The first-order valence-corrected chi connectivity index (χ1v) is 10.2. The molecular weight excluding hydrogens is 354 g/mol. The molecule has 0 saturated carbocycles. The predicted molar refractivity (Wildman–Crippen MR) is 111 cm³/mol. The van der Waals surface area contributed by atoms with Crippen molar-refractivity contribution in [3.05, 3.63) is 53.2 Å². The number of carbonyl (C=O) groups is 1. The topological polar surface area (TPSA) is 46.1 Å². The van der Waals surface area contributed by atoms with E-state index < -0.39 is 0 Å². The van der Waals surface area contributed by atoms with Crippen molar-refractivity contribution in [3.8, 4) is 21.8 Å². The number of aromatic nitrogens is 2. The molecule has 0 spiro atoms. The number of carbonyl (C=O) groups excluding carboxylic acids is 1. The van der Waals surface area contributed by atoms with Crippen LogP contribution in [0.15, 0.2) is 42.0 Å². The van der Waals surface area contributed by atoms with Gasteiger partial charge in [0.25, 0.3) is 0 Å². The van der Waals surface area contributed by atoms with Gasteiger partial charge in [0.1, 0.15) is 5.01 Å². The van der Waals surface area contributed by atoms with Gasteiger partial charge in [0.15, 0.2) is 0 Å². The van der Waals surface area contributed by atoms with Crippen LogP contribution in [-0.2, 0) is 11.2 Å². The highest BCUT2D eigenvalue weighted by Crippen LogP contribution is 2.35. The Morgan fingerprint density at radius 3 is 2.81 bits per heavy atom. The standard InChI is InChI=1S/C22H23N3OS/c1-14(2)25-20-8-7-16(11-17(20)5-4-6-21(25)26)19-13-27-22(24-19)18-9-10-23-12-15(18)3/h7-14H,4-6H2,1-3H3. The van der Waals surface area contributed by atoms with Gasteiger partial charge in [0.05, 0.1) is 5.69 Å². The highest BCUT2D eigenvalue weighted by molar-refractivity contribution is 7.13. The molecule has 1 aliphatic rings. The minimum atomic E-state index is 0.167. The Labute approximate surface area is 163 Å². The lowest BCUT2D eigenvalue weighted by atomic mass is 10.0. The summed E-state index contributed by atoms with van der Waals surface area (Å²) in [5.74, 6) is 0.223. The molecule has 27 heavy (non-hydrogen) atoms. The summed E-state index contributed by atoms with van der Waals surface area (Å²) in [5.41, 5.74) is 6.65. The molecule has 0 N–H and O–H groups in total. The molecule has 0 atom stereocenters. The maximum atomic E-state index is 12.5. The van der Waals surface area contributed by atoms with Gasteiger partial charge in [0, 0.05) is 47.1 Å². The van der Waals surface area contributed by atoms with E-state index in [1.54, 1.807) is 11.3 Å². The highest BCUT2D eigenvalue weighted by Gasteiger charge is 2.24. The number of nitrogens with zero attached hydrogens (tertiary/aromatic N) is 3. The van der Waals surface area contributed by atoms with Crippen molar-refractivity contribution in [1.82, 2.24) is 9.97 Å². The molecule has 0 fully saturated rings. The smallest absolute Gasteiger partial charge is 0.227 e. The van der Waals surface area contributed by atoms with Crippen LogP contribution < -0.4 is 4.90 Å². The maximum absolute atomic E-state index is 12.5. The number of amides is 1. The molecule has 0 bridgehead atoms. The van der Waals surface area contributed by atoms with E-state index in [4.69, 9.17) is 4.98 Å². The van der Waals surface area contributed by atoms with Gasteiger partial charge < -0.3 is 4.90 Å². The van der Waals surface area contributed by atoms with Crippen LogP contribution in [0.4, 0.5) is 5.69 Å². The summed E-state index contributed by atoms with van der Waals surface area (Å²) in [4.78, 5) is 23.4. The van der Waals surface area contributed by atoms with E-state index in [1.807, 2.05) is 23.4 Å². The second kappa shape index (κ2) is 7.24. The number of thiazole rings is 1. The lowest BCUT2D eigenvalue weighted by Crippen LogP contribution is -2.36. The zero-order valence-corrected chi connectivity index (χ0v) is 16.7. The molecule has 1 amide bonds. The molecule has 2 aromatic heterocycles. The third-order valence-electron chi connectivity index (χ3n) is 5.01. The van der Waals surface area contributed by atoms with Crippen molar-refractivity contribution >= 4 is 22.9 Å². The first-order valence-electron chi connectivity index (χ1n) is 9.36. The van der Waals surface area contributed by atoms with Crippen molar-refractivity contribution in [3.63, 3.8) is 0 Å². The van der Waals surface area contributed by atoms with Crippen LogP contribution in [0.25, 0.3) is 21.8 Å². The van der Waals surface area contributed by atoms with Gasteiger partial charge in [0.2, 0.25) is 5.91 Å². The van der Waals surface area contributed by atoms with Crippen LogP contribution in [0, 0.1) is 6.92 Å². The molecule has 138 valence electrons. The molecule has 4 nitrogen and oxygen atoms in total. The van der Waals surface area contributed by atoms with Crippen molar-refractivity contribution < 1.29 is 4.79 Å². The molecule has 5 heteroatoms. The summed E-state index contributed by atoms with van der Waals surface area (Å²) in [6.07, 6.45) is 6.12. The third-order valence-corrected chi connectivity index (χ3v) is 5.89. The van der Waals surface area contributed by atoms with Gasteiger partial charge in [-0.05, 0) is 62.9 Å². The Balaban J connectivity index is 1.72. The Morgan fingerprint density at radius 2 is 2.04 bits per heavy atom. The predicted octanol–water partition coefficient (Wildman–Crippen LogP) is 5.26. The fourth-order valence-corrected chi connectivity index (χ4v) is 4.59. The molecule has 3 aromatic rings. The SMILES string of the molecule is Cc1cnccc1-c1nc(-c2ccc3c(c2)CCCC(=O)N3C(C)C)cs1. The Morgan fingerprint density at radius 1 is 1.19 bits per heavy atom. The number of aryl methyl sites for hydroxylation is 2. The van der Waals surface area contributed by atoms with Gasteiger partial charge in [-0.1, -0.05) is 6.07 Å². The number of anilines is 1. The normalized spacial score (nSPS) is 14.4. The molecule has 3 heterocycles. The fourth-order valence-electron chi connectivity index (χ4n) is 3.67. The molecule has 0 aliphatic carbocycles. The first-order chi connectivity index (χ1) is 13.0.